The lowest BCUT2D eigenvalue weighted by Gasteiger charge is -2.04. The number of oxazole rings is 1. The number of para-hydroxylation sites is 1. The van der Waals surface area contributed by atoms with E-state index in [0.29, 0.717) is 0 Å². The van der Waals surface area contributed by atoms with Gasteiger partial charge < -0.3 is 9.73 Å². The molecule has 4 aromatic rings. The number of nitrogens with one attached hydrogen (secondary N) is 1. The maximum Gasteiger partial charge on any atom is 0.375 e. The monoisotopic (exact) mass is 355 g/mol. The molecule has 0 radical (unpaired) electrons. The summed E-state index contributed by atoms with van der Waals surface area (Å²) in [5.41, 5.74) is 6.51. The van der Waals surface area contributed by atoms with E-state index >= 15 is 0 Å². The number of aromatic nitrogens is 1. The van der Waals surface area contributed by atoms with E-state index in [-0.39, 0.29) is 0 Å². The molecule has 3 aromatic carbocycles. The number of rotatable bonds is 5. The summed E-state index contributed by atoms with van der Waals surface area (Å²) in [6, 6.07) is 27.0. The van der Waals surface area contributed by atoms with Gasteiger partial charge in [-0.15, -0.1) is 0 Å². The molecule has 134 valence electrons. The molecule has 0 saturated carbocycles. The van der Waals surface area contributed by atoms with E-state index in [0.717, 1.165) is 34.9 Å². The fourth-order valence-electron chi connectivity index (χ4n) is 3.32. The summed E-state index contributed by atoms with van der Waals surface area (Å²) < 4.78 is 8.34. The Hall–Kier alpha value is -3.33. The Morgan fingerprint density at radius 3 is 2.33 bits per heavy atom. The van der Waals surface area contributed by atoms with Crippen molar-refractivity contribution in [3.8, 4) is 11.1 Å². The molecule has 27 heavy (non-hydrogen) atoms. The van der Waals surface area contributed by atoms with Crippen LogP contribution in [0.15, 0.2) is 89.0 Å². The molecule has 3 nitrogen and oxygen atoms in total. The van der Waals surface area contributed by atoms with Gasteiger partial charge in [0.05, 0.1) is 6.08 Å². The summed E-state index contributed by atoms with van der Waals surface area (Å²) in [4.78, 5) is 0. The molecular formula is C24H23N2O+. The van der Waals surface area contributed by atoms with Gasteiger partial charge in [-0.3, -0.25) is 0 Å². The number of nitrogens with zero attached hydrogens (tertiary/aromatic N) is 1. The Labute approximate surface area is 159 Å². The summed E-state index contributed by atoms with van der Waals surface area (Å²) >= 11 is 0. The lowest BCUT2D eigenvalue weighted by Crippen LogP contribution is -2.33. The van der Waals surface area contributed by atoms with Gasteiger partial charge in [0.1, 0.15) is 6.54 Å². The van der Waals surface area contributed by atoms with Gasteiger partial charge >= 0.3 is 5.89 Å². The number of hydrogen-bond donors (Lipinski definition) is 1. The predicted molar refractivity (Wildman–Crippen MR) is 111 cm³/mol. The lowest BCUT2D eigenvalue weighted by molar-refractivity contribution is -0.674. The highest BCUT2D eigenvalue weighted by atomic mass is 16.3. The molecule has 0 bridgehead atoms. The second kappa shape index (κ2) is 7.50. The summed E-state index contributed by atoms with van der Waals surface area (Å²) in [7, 11) is 0. The van der Waals surface area contributed by atoms with Crippen molar-refractivity contribution in [1.29, 1.82) is 0 Å². The number of anilines is 1. The zero-order valence-electron chi connectivity index (χ0n) is 15.6. The highest BCUT2D eigenvalue weighted by Gasteiger charge is 2.20. The summed E-state index contributed by atoms with van der Waals surface area (Å²) in [6.45, 7) is 5.03. The highest BCUT2D eigenvalue weighted by molar-refractivity contribution is 5.78. The minimum Gasteiger partial charge on any atom is -0.398 e. The van der Waals surface area contributed by atoms with Gasteiger partial charge in [-0.2, -0.15) is 4.57 Å². The SMILES string of the molecule is CC[n+]1c(/C=C(\C)Nc2ccccc2)oc2ccc(-c3ccccc3)cc21. The van der Waals surface area contributed by atoms with Crippen molar-refractivity contribution in [3.63, 3.8) is 0 Å². The molecule has 0 aliphatic rings. The van der Waals surface area contributed by atoms with Crippen LogP contribution in [0.5, 0.6) is 0 Å². The fraction of sp³-hybridized carbons (Fsp3) is 0.125. The first-order valence-corrected chi connectivity index (χ1v) is 9.27. The Morgan fingerprint density at radius 2 is 1.63 bits per heavy atom. The van der Waals surface area contributed by atoms with Crippen LogP contribution in [-0.4, -0.2) is 0 Å². The molecule has 0 amide bonds. The van der Waals surface area contributed by atoms with Crippen molar-refractivity contribution in [2.45, 2.75) is 20.4 Å². The molecular weight excluding hydrogens is 332 g/mol. The Bertz CT molecular complexity index is 1080. The van der Waals surface area contributed by atoms with Gasteiger partial charge in [0.25, 0.3) is 5.52 Å². The number of benzene rings is 3. The summed E-state index contributed by atoms with van der Waals surface area (Å²) in [6.07, 6.45) is 2.05. The van der Waals surface area contributed by atoms with Gasteiger partial charge in [-0.05, 0) is 43.2 Å². The third-order valence-electron chi connectivity index (χ3n) is 4.61. The Kier molecular flexibility index (Phi) is 4.75. The Morgan fingerprint density at radius 1 is 0.926 bits per heavy atom. The molecule has 0 saturated heterocycles. The number of aryl methyl sites for hydroxylation is 1. The smallest absolute Gasteiger partial charge is 0.375 e. The maximum absolute atomic E-state index is 6.14. The number of fused-ring (bicyclic) bond motifs is 1. The zero-order valence-corrected chi connectivity index (χ0v) is 15.6. The van der Waals surface area contributed by atoms with E-state index in [1.54, 1.807) is 0 Å². The van der Waals surface area contributed by atoms with Crippen LogP contribution in [0.1, 0.15) is 19.7 Å². The van der Waals surface area contributed by atoms with Gasteiger partial charge in [0.15, 0.2) is 0 Å². The molecule has 0 aliphatic heterocycles. The summed E-state index contributed by atoms with van der Waals surface area (Å²) in [5.74, 6) is 0.846. The molecule has 3 heteroatoms. The van der Waals surface area contributed by atoms with Crippen molar-refractivity contribution in [2.24, 2.45) is 0 Å². The average molecular weight is 355 g/mol. The quantitative estimate of drug-likeness (QED) is 0.453. The normalized spacial score (nSPS) is 11.7. The van der Waals surface area contributed by atoms with Crippen molar-refractivity contribution < 1.29 is 8.98 Å². The second-order valence-corrected chi connectivity index (χ2v) is 6.55. The van der Waals surface area contributed by atoms with Gasteiger partial charge in [-0.1, -0.05) is 54.6 Å². The molecule has 0 unspecified atom stereocenters. The zero-order chi connectivity index (χ0) is 18.6. The molecule has 0 aliphatic carbocycles. The second-order valence-electron chi connectivity index (χ2n) is 6.55. The third-order valence-corrected chi connectivity index (χ3v) is 4.61. The van der Waals surface area contributed by atoms with Crippen LogP contribution in [-0.2, 0) is 6.54 Å². The van der Waals surface area contributed by atoms with Gasteiger partial charge in [-0.25, -0.2) is 0 Å². The largest absolute Gasteiger partial charge is 0.398 e. The molecule has 1 heterocycles. The minimum atomic E-state index is 0.843. The number of hydrogen-bond acceptors (Lipinski definition) is 2. The molecule has 4 rings (SSSR count). The van der Waals surface area contributed by atoms with Crippen LogP contribution in [0.4, 0.5) is 5.69 Å². The molecule has 1 N–H and O–H groups in total. The van der Waals surface area contributed by atoms with Gasteiger partial charge in [0, 0.05) is 17.5 Å². The topological polar surface area (TPSA) is 29.1 Å². The molecule has 0 atom stereocenters. The van der Waals surface area contributed by atoms with Crippen LogP contribution in [0, 0.1) is 0 Å². The van der Waals surface area contributed by atoms with E-state index in [4.69, 9.17) is 4.42 Å². The first-order valence-electron chi connectivity index (χ1n) is 9.27. The first kappa shape index (κ1) is 17.1. The van der Waals surface area contributed by atoms with E-state index in [1.807, 2.05) is 24.3 Å². The number of allylic oxidation sites excluding steroid dienone is 1. The van der Waals surface area contributed by atoms with E-state index in [9.17, 15) is 0 Å². The van der Waals surface area contributed by atoms with Crippen molar-refractivity contribution in [1.82, 2.24) is 0 Å². The first-order chi connectivity index (χ1) is 13.2. The lowest BCUT2D eigenvalue weighted by atomic mass is 10.1. The van der Waals surface area contributed by atoms with Crippen LogP contribution in [0.3, 0.4) is 0 Å². The maximum atomic E-state index is 6.14. The average Bonchev–Trinajstić information content (AvgIpc) is 3.05. The van der Waals surface area contributed by atoms with Crippen molar-refractivity contribution in [3.05, 3.63) is 90.5 Å². The van der Waals surface area contributed by atoms with E-state index in [2.05, 4.69) is 84.4 Å². The predicted octanol–water partition coefficient (Wildman–Crippen LogP) is 5.88. The van der Waals surface area contributed by atoms with E-state index < -0.39 is 0 Å². The van der Waals surface area contributed by atoms with Crippen LogP contribution < -0.4 is 9.88 Å². The summed E-state index contributed by atoms with van der Waals surface area (Å²) in [5, 5.41) is 3.41. The molecule has 1 aromatic heterocycles. The Balaban J connectivity index is 1.72. The highest BCUT2D eigenvalue weighted by Crippen LogP contribution is 2.24. The van der Waals surface area contributed by atoms with Crippen molar-refractivity contribution in [2.75, 3.05) is 5.32 Å². The van der Waals surface area contributed by atoms with E-state index in [1.165, 1.54) is 11.1 Å². The van der Waals surface area contributed by atoms with Crippen LogP contribution in [0.2, 0.25) is 0 Å². The fourth-order valence-corrected chi connectivity index (χ4v) is 3.32. The van der Waals surface area contributed by atoms with Crippen LogP contribution in [0.25, 0.3) is 28.3 Å². The third kappa shape index (κ3) is 3.63. The minimum absolute atomic E-state index is 0.843. The molecule has 0 fully saturated rings. The molecule has 0 spiro atoms. The standard InChI is InChI=1S/C24H22N2O/c1-3-26-22-17-20(19-10-6-4-7-11-19)14-15-23(22)27-24(26)16-18(2)25-21-12-8-5-9-13-21/h4-17H,3H2,1-2H3/p+1. The van der Waals surface area contributed by atoms with Crippen molar-refractivity contribution >= 4 is 22.9 Å². The van der Waals surface area contributed by atoms with Gasteiger partial charge in [0.2, 0.25) is 5.58 Å². The van der Waals surface area contributed by atoms with Crippen LogP contribution >= 0.6 is 0 Å².